The molecule has 0 amide bonds. The molecule has 0 aliphatic heterocycles. The van der Waals surface area contributed by atoms with Gasteiger partial charge in [0.2, 0.25) is 0 Å². The van der Waals surface area contributed by atoms with Crippen LogP contribution in [0.1, 0.15) is 17.2 Å². The van der Waals surface area contributed by atoms with Gasteiger partial charge in [-0.25, -0.2) is 4.39 Å². The summed E-state index contributed by atoms with van der Waals surface area (Å²) in [6, 6.07) is 12.3. The Labute approximate surface area is 123 Å². The molecule has 0 bridgehead atoms. The van der Waals surface area contributed by atoms with Crippen LogP contribution in [0.2, 0.25) is 0 Å². The molecule has 2 aromatic carbocycles. The maximum Gasteiger partial charge on any atom is 0.123 e. The van der Waals surface area contributed by atoms with E-state index in [9.17, 15) is 4.39 Å². The van der Waals surface area contributed by atoms with E-state index in [4.69, 9.17) is 9.47 Å². The smallest absolute Gasteiger partial charge is 0.123 e. The molecule has 2 aromatic rings. The monoisotopic (exact) mass is 287 g/mol. The molecule has 0 saturated heterocycles. The Hall–Kier alpha value is -2.07. The summed E-state index contributed by atoms with van der Waals surface area (Å²) in [6.07, 6.45) is 0.810. The molecule has 0 spiro atoms. The molecule has 0 fully saturated rings. The summed E-state index contributed by atoms with van der Waals surface area (Å²) in [4.78, 5) is 0. The van der Waals surface area contributed by atoms with Gasteiger partial charge in [-0.15, -0.1) is 0 Å². The highest BCUT2D eigenvalue weighted by Crippen LogP contribution is 2.36. The van der Waals surface area contributed by atoms with E-state index < -0.39 is 0 Å². The third-order valence-electron chi connectivity index (χ3n) is 3.89. The number of hydrogen-bond donors (Lipinski definition) is 1. The van der Waals surface area contributed by atoms with E-state index in [-0.39, 0.29) is 18.0 Å². The van der Waals surface area contributed by atoms with E-state index in [2.05, 4.69) is 11.4 Å². The molecule has 3 rings (SSSR count). The largest absolute Gasteiger partial charge is 0.497 e. The lowest BCUT2D eigenvalue weighted by Crippen LogP contribution is -2.30. The molecule has 3 nitrogen and oxygen atoms in total. The van der Waals surface area contributed by atoms with Crippen LogP contribution in [0.15, 0.2) is 42.5 Å². The molecule has 0 aromatic heterocycles. The van der Waals surface area contributed by atoms with Crippen molar-refractivity contribution in [2.24, 2.45) is 0 Å². The van der Waals surface area contributed by atoms with Crippen molar-refractivity contribution < 1.29 is 13.9 Å². The van der Waals surface area contributed by atoms with Crippen LogP contribution in [-0.2, 0) is 6.42 Å². The third-order valence-corrected chi connectivity index (χ3v) is 3.89. The van der Waals surface area contributed by atoms with Crippen LogP contribution >= 0.6 is 0 Å². The predicted octanol–water partition coefficient (Wildman–Crippen LogP) is 3.10. The minimum absolute atomic E-state index is 0.0115. The second-order valence-corrected chi connectivity index (χ2v) is 5.15. The van der Waals surface area contributed by atoms with Gasteiger partial charge in [-0.2, -0.15) is 0 Å². The number of benzene rings is 2. The zero-order valence-electron chi connectivity index (χ0n) is 12.1. The summed E-state index contributed by atoms with van der Waals surface area (Å²) in [5, 5.41) is 3.30. The molecule has 2 atom stereocenters. The lowest BCUT2D eigenvalue weighted by Gasteiger charge is -2.21. The number of likely N-dealkylation sites (N-methyl/N-ethyl adjacent to an activating group) is 1. The summed E-state index contributed by atoms with van der Waals surface area (Å²) in [5.41, 5.74) is 2.45. The highest BCUT2D eigenvalue weighted by Gasteiger charge is 2.33. The van der Waals surface area contributed by atoms with Crippen molar-refractivity contribution in [2.75, 3.05) is 14.2 Å². The van der Waals surface area contributed by atoms with Crippen molar-refractivity contribution in [1.29, 1.82) is 0 Å². The van der Waals surface area contributed by atoms with Gasteiger partial charge in [0.05, 0.1) is 13.2 Å². The van der Waals surface area contributed by atoms with Crippen LogP contribution < -0.4 is 14.8 Å². The van der Waals surface area contributed by atoms with E-state index in [1.165, 1.54) is 23.3 Å². The zero-order valence-corrected chi connectivity index (χ0v) is 12.1. The minimum atomic E-state index is -0.257. The summed E-state index contributed by atoms with van der Waals surface area (Å²) in [7, 11) is 3.58. The first-order chi connectivity index (χ1) is 10.2. The summed E-state index contributed by atoms with van der Waals surface area (Å²) in [6.45, 7) is 0. The van der Waals surface area contributed by atoms with Gasteiger partial charge in [0.1, 0.15) is 23.4 Å². The van der Waals surface area contributed by atoms with Crippen molar-refractivity contribution in [3.05, 3.63) is 59.4 Å². The molecule has 0 saturated carbocycles. The van der Waals surface area contributed by atoms with Gasteiger partial charge in [0.25, 0.3) is 0 Å². The molecule has 21 heavy (non-hydrogen) atoms. The van der Waals surface area contributed by atoms with Crippen molar-refractivity contribution in [2.45, 2.75) is 18.6 Å². The normalized spacial score (nSPS) is 20.1. The Kier molecular flexibility index (Phi) is 3.80. The molecule has 0 heterocycles. The standard InChI is InChI=1S/C17H18FNO2/c1-19-17-15-10-14(20-2)6-3-11(15)9-16(17)21-13-7-4-12(18)5-8-13/h3-8,10,16-17,19H,9H2,1-2H3. The molecule has 4 heteroatoms. The fourth-order valence-corrected chi connectivity index (χ4v) is 2.85. The number of ether oxygens (including phenoxy) is 2. The van der Waals surface area contributed by atoms with Crippen molar-refractivity contribution in [3.8, 4) is 11.5 Å². The van der Waals surface area contributed by atoms with E-state index in [0.717, 1.165) is 12.2 Å². The molecule has 1 aliphatic rings. The predicted molar refractivity (Wildman–Crippen MR) is 79.3 cm³/mol. The second kappa shape index (κ2) is 5.74. The van der Waals surface area contributed by atoms with Gasteiger partial charge in [0, 0.05) is 6.42 Å². The van der Waals surface area contributed by atoms with Gasteiger partial charge in [-0.05, 0) is 54.6 Å². The number of halogens is 1. The lowest BCUT2D eigenvalue weighted by atomic mass is 10.1. The van der Waals surface area contributed by atoms with Crippen molar-refractivity contribution >= 4 is 0 Å². The average molecular weight is 287 g/mol. The van der Waals surface area contributed by atoms with Gasteiger partial charge in [-0.3, -0.25) is 0 Å². The SMILES string of the molecule is CNC1c2cc(OC)ccc2CC1Oc1ccc(F)cc1. The molecular formula is C17H18FNO2. The molecule has 2 unspecified atom stereocenters. The maximum absolute atomic E-state index is 13.0. The number of nitrogens with one attached hydrogen (secondary N) is 1. The number of methoxy groups -OCH3 is 1. The Balaban J connectivity index is 1.83. The van der Waals surface area contributed by atoms with Gasteiger partial charge < -0.3 is 14.8 Å². The molecule has 0 radical (unpaired) electrons. The minimum Gasteiger partial charge on any atom is -0.497 e. The van der Waals surface area contributed by atoms with E-state index in [0.29, 0.717) is 5.75 Å². The van der Waals surface area contributed by atoms with Gasteiger partial charge in [0.15, 0.2) is 0 Å². The van der Waals surface area contributed by atoms with Crippen molar-refractivity contribution in [3.63, 3.8) is 0 Å². The first-order valence-electron chi connectivity index (χ1n) is 6.97. The first-order valence-corrected chi connectivity index (χ1v) is 6.97. The average Bonchev–Trinajstić information content (AvgIpc) is 2.85. The highest BCUT2D eigenvalue weighted by molar-refractivity contribution is 5.42. The summed E-state index contributed by atoms with van der Waals surface area (Å²) >= 11 is 0. The summed E-state index contributed by atoms with van der Waals surface area (Å²) in [5.74, 6) is 1.27. The van der Waals surface area contributed by atoms with E-state index in [1.807, 2.05) is 19.2 Å². The number of fused-ring (bicyclic) bond motifs is 1. The van der Waals surface area contributed by atoms with E-state index in [1.54, 1.807) is 19.2 Å². The third kappa shape index (κ3) is 2.72. The van der Waals surface area contributed by atoms with Crippen LogP contribution in [0.4, 0.5) is 4.39 Å². The fourth-order valence-electron chi connectivity index (χ4n) is 2.85. The van der Waals surface area contributed by atoms with Crippen LogP contribution in [-0.4, -0.2) is 20.3 Å². The Morgan fingerprint density at radius 1 is 1.10 bits per heavy atom. The Morgan fingerprint density at radius 2 is 1.81 bits per heavy atom. The zero-order chi connectivity index (χ0) is 14.8. The first kappa shape index (κ1) is 13.9. The molecular weight excluding hydrogens is 269 g/mol. The van der Waals surface area contributed by atoms with E-state index >= 15 is 0 Å². The van der Waals surface area contributed by atoms with Crippen LogP contribution in [0.5, 0.6) is 11.5 Å². The number of rotatable bonds is 4. The van der Waals surface area contributed by atoms with Gasteiger partial charge >= 0.3 is 0 Å². The van der Waals surface area contributed by atoms with Gasteiger partial charge in [-0.1, -0.05) is 6.07 Å². The van der Waals surface area contributed by atoms with Crippen molar-refractivity contribution in [1.82, 2.24) is 5.32 Å². The van der Waals surface area contributed by atoms with Crippen LogP contribution in [0, 0.1) is 5.82 Å². The summed E-state index contributed by atoms with van der Waals surface area (Å²) < 4.78 is 24.3. The number of hydrogen-bond acceptors (Lipinski definition) is 3. The Bertz CT molecular complexity index is 627. The maximum atomic E-state index is 13.0. The highest BCUT2D eigenvalue weighted by atomic mass is 19.1. The Morgan fingerprint density at radius 3 is 2.48 bits per heavy atom. The molecule has 1 aliphatic carbocycles. The molecule has 1 N–H and O–H groups in total. The van der Waals surface area contributed by atoms with Crippen LogP contribution in [0.25, 0.3) is 0 Å². The topological polar surface area (TPSA) is 30.5 Å². The lowest BCUT2D eigenvalue weighted by molar-refractivity contribution is 0.171. The quantitative estimate of drug-likeness (QED) is 0.937. The second-order valence-electron chi connectivity index (χ2n) is 5.15. The fraction of sp³-hybridized carbons (Fsp3) is 0.294. The molecule has 110 valence electrons. The van der Waals surface area contributed by atoms with Crippen LogP contribution in [0.3, 0.4) is 0 Å².